The van der Waals surface area contributed by atoms with E-state index in [0.29, 0.717) is 5.56 Å². The summed E-state index contributed by atoms with van der Waals surface area (Å²) in [4.78, 5) is 41.2. The number of carboxylic acids is 1. The van der Waals surface area contributed by atoms with Crippen LogP contribution in [0.4, 0.5) is 13.2 Å². The van der Waals surface area contributed by atoms with Gasteiger partial charge in [-0.25, -0.2) is 0 Å². The minimum Gasteiger partial charge on any atom is -0.480 e. The predicted octanol–water partition coefficient (Wildman–Crippen LogP) is 2.67. The molecule has 2 amide bonds. The van der Waals surface area contributed by atoms with Crippen LogP contribution in [0.3, 0.4) is 0 Å². The molecule has 3 aromatic rings. The van der Waals surface area contributed by atoms with Gasteiger partial charge in [-0.3, -0.25) is 25.0 Å². The van der Waals surface area contributed by atoms with Crippen LogP contribution in [-0.4, -0.2) is 39.8 Å². The second kappa shape index (κ2) is 7.59. The third-order valence-electron chi connectivity index (χ3n) is 6.47. The molecule has 4 N–H and O–H groups in total. The van der Waals surface area contributed by atoms with E-state index >= 15 is 0 Å². The van der Waals surface area contributed by atoms with Crippen molar-refractivity contribution in [2.45, 2.75) is 24.4 Å². The van der Waals surface area contributed by atoms with Gasteiger partial charge in [0.1, 0.15) is 11.3 Å². The summed E-state index contributed by atoms with van der Waals surface area (Å²) >= 11 is 0. The maximum atomic E-state index is 12.8. The first-order valence-corrected chi connectivity index (χ1v) is 10.4. The molecule has 34 heavy (non-hydrogen) atoms. The van der Waals surface area contributed by atoms with Gasteiger partial charge in [-0.2, -0.15) is 0 Å². The normalized spacial score (nSPS) is 26.5. The lowest BCUT2D eigenvalue weighted by atomic mass is 9.76. The smallest absolute Gasteiger partial charge is 0.480 e. The third kappa shape index (κ3) is 3.48. The van der Waals surface area contributed by atoms with Gasteiger partial charge in [0.05, 0.1) is 11.8 Å². The molecule has 2 aliphatic rings. The van der Waals surface area contributed by atoms with Gasteiger partial charge in [0.2, 0.25) is 11.8 Å². The van der Waals surface area contributed by atoms with Crippen molar-refractivity contribution in [2.24, 2.45) is 11.8 Å². The van der Waals surface area contributed by atoms with Crippen LogP contribution < -0.4 is 15.4 Å². The van der Waals surface area contributed by atoms with Crippen LogP contribution in [0.2, 0.25) is 0 Å². The van der Waals surface area contributed by atoms with Crippen LogP contribution >= 0.6 is 0 Å². The summed E-state index contributed by atoms with van der Waals surface area (Å²) in [6.07, 6.45) is -3.42. The fourth-order valence-electron chi connectivity index (χ4n) is 5.13. The molecule has 176 valence electrons. The fourth-order valence-corrected chi connectivity index (χ4v) is 5.13. The molecule has 0 spiro atoms. The Hall–Kier alpha value is -3.86. The molecule has 2 fully saturated rings. The molecule has 2 aliphatic heterocycles. The summed E-state index contributed by atoms with van der Waals surface area (Å²) in [7, 11) is 0. The number of hydrogen-bond donors (Lipinski definition) is 4. The number of alkyl halides is 3. The molecule has 0 radical (unpaired) electrons. The SMILES string of the molecule is O=C1NC(=O)C2C1C(c1cccc(OC(F)(F)F)c1)NC2(Cc1c[nH]c2ccccc12)C(=O)O. The Labute approximate surface area is 190 Å². The molecule has 0 aliphatic carbocycles. The van der Waals surface area contributed by atoms with Gasteiger partial charge < -0.3 is 14.8 Å². The standard InChI is InChI=1S/C23H18F3N3O5/c24-23(25,26)34-13-5-3-4-11(8-13)18-16-17(20(31)28-19(16)30)22(29-18,21(32)33)9-12-10-27-15-7-2-1-6-14(12)15/h1-8,10,16-18,27,29H,9H2,(H,32,33)(H,28,30,31). The van der Waals surface area contributed by atoms with Gasteiger partial charge in [0.15, 0.2) is 0 Å². The Morgan fingerprint density at radius 3 is 2.59 bits per heavy atom. The average Bonchev–Trinajstić information content (AvgIpc) is 3.41. The van der Waals surface area contributed by atoms with Gasteiger partial charge in [0.25, 0.3) is 0 Å². The van der Waals surface area contributed by atoms with E-state index in [9.17, 15) is 32.7 Å². The van der Waals surface area contributed by atoms with Gasteiger partial charge in [-0.15, -0.1) is 13.2 Å². The van der Waals surface area contributed by atoms with Gasteiger partial charge in [-0.1, -0.05) is 30.3 Å². The number of H-pyrrole nitrogens is 1. The molecule has 8 nitrogen and oxygen atoms in total. The summed E-state index contributed by atoms with van der Waals surface area (Å²) in [6, 6.07) is 11.1. The van der Waals surface area contributed by atoms with Crippen molar-refractivity contribution in [1.29, 1.82) is 0 Å². The maximum Gasteiger partial charge on any atom is 0.573 e. The second-order valence-corrected chi connectivity index (χ2v) is 8.41. The number of nitrogens with one attached hydrogen (secondary N) is 3. The minimum absolute atomic E-state index is 0.135. The average molecular weight is 473 g/mol. The Bertz CT molecular complexity index is 1320. The molecule has 3 heterocycles. The highest BCUT2D eigenvalue weighted by Gasteiger charge is 2.66. The molecule has 5 rings (SSSR count). The number of imide groups is 1. The first-order valence-electron chi connectivity index (χ1n) is 10.4. The van der Waals surface area contributed by atoms with E-state index < -0.39 is 53.3 Å². The van der Waals surface area contributed by atoms with Gasteiger partial charge in [-0.05, 0) is 29.3 Å². The summed E-state index contributed by atoms with van der Waals surface area (Å²) in [5, 5.41) is 16.2. The Balaban J connectivity index is 1.59. The quantitative estimate of drug-likeness (QED) is 0.423. The molecule has 4 unspecified atom stereocenters. The first kappa shape index (κ1) is 22.0. The lowest BCUT2D eigenvalue weighted by Gasteiger charge is -2.30. The number of carbonyl (C=O) groups excluding carboxylic acids is 2. The maximum absolute atomic E-state index is 12.8. The number of fused-ring (bicyclic) bond motifs is 2. The first-order chi connectivity index (χ1) is 16.1. The number of aromatic nitrogens is 1. The highest BCUT2D eigenvalue weighted by atomic mass is 19.4. The molecule has 2 aromatic carbocycles. The lowest BCUT2D eigenvalue weighted by Crippen LogP contribution is -2.57. The Morgan fingerprint density at radius 2 is 1.85 bits per heavy atom. The fraction of sp³-hybridized carbons (Fsp3) is 0.261. The monoisotopic (exact) mass is 473 g/mol. The lowest BCUT2D eigenvalue weighted by molar-refractivity contribution is -0.274. The van der Waals surface area contributed by atoms with E-state index in [2.05, 4.69) is 20.4 Å². The van der Waals surface area contributed by atoms with Crippen LogP contribution in [0.1, 0.15) is 17.2 Å². The Kier molecular flexibility index (Phi) is 4.90. The molecular formula is C23H18F3N3O5. The van der Waals surface area contributed by atoms with Crippen molar-refractivity contribution < 1.29 is 37.4 Å². The van der Waals surface area contributed by atoms with Crippen molar-refractivity contribution >= 4 is 28.7 Å². The van der Waals surface area contributed by atoms with Crippen molar-refractivity contribution in [2.75, 3.05) is 0 Å². The van der Waals surface area contributed by atoms with Crippen molar-refractivity contribution in [1.82, 2.24) is 15.6 Å². The number of carboxylic acid groups (broad SMARTS) is 1. The molecule has 0 saturated carbocycles. The summed E-state index contributed by atoms with van der Waals surface area (Å²) < 4.78 is 42.1. The number of aliphatic carboxylic acids is 1. The van der Waals surface area contributed by atoms with E-state index in [4.69, 9.17) is 0 Å². The second-order valence-electron chi connectivity index (χ2n) is 8.41. The number of aromatic amines is 1. The third-order valence-corrected chi connectivity index (χ3v) is 6.47. The summed E-state index contributed by atoms with van der Waals surface area (Å²) in [6.45, 7) is 0. The van der Waals surface area contributed by atoms with Crippen LogP contribution in [0, 0.1) is 11.8 Å². The number of para-hydroxylation sites is 1. The number of amides is 2. The molecule has 2 saturated heterocycles. The van der Waals surface area contributed by atoms with Gasteiger partial charge >= 0.3 is 12.3 Å². The number of rotatable bonds is 5. The number of carbonyl (C=O) groups is 3. The van der Waals surface area contributed by atoms with Crippen LogP contribution in [0.15, 0.2) is 54.7 Å². The van der Waals surface area contributed by atoms with E-state index in [1.807, 2.05) is 12.1 Å². The minimum atomic E-state index is -4.93. The number of ether oxygens (including phenoxy) is 1. The van der Waals surface area contributed by atoms with E-state index in [1.54, 1.807) is 18.3 Å². The van der Waals surface area contributed by atoms with E-state index in [1.165, 1.54) is 12.1 Å². The van der Waals surface area contributed by atoms with Crippen LogP contribution in [-0.2, 0) is 20.8 Å². The highest BCUT2D eigenvalue weighted by Crippen LogP contribution is 2.48. The predicted molar refractivity (Wildman–Crippen MR) is 112 cm³/mol. The summed E-state index contributed by atoms with van der Waals surface area (Å²) in [5.74, 6) is -5.69. The molecule has 11 heteroatoms. The Morgan fingerprint density at radius 1 is 1.09 bits per heavy atom. The topological polar surface area (TPSA) is 121 Å². The number of halogens is 3. The zero-order valence-corrected chi connectivity index (χ0v) is 17.3. The number of benzene rings is 2. The largest absolute Gasteiger partial charge is 0.573 e. The van der Waals surface area contributed by atoms with E-state index in [-0.39, 0.29) is 12.0 Å². The van der Waals surface area contributed by atoms with Crippen molar-refractivity contribution in [3.63, 3.8) is 0 Å². The zero-order valence-electron chi connectivity index (χ0n) is 17.3. The highest BCUT2D eigenvalue weighted by molar-refractivity contribution is 6.09. The van der Waals surface area contributed by atoms with Crippen molar-refractivity contribution in [3.8, 4) is 5.75 Å². The molecule has 0 bridgehead atoms. The zero-order chi connectivity index (χ0) is 24.3. The molecular weight excluding hydrogens is 455 g/mol. The van der Waals surface area contributed by atoms with Crippen LogP contribution in [0.5, 0.6) is 5.75 Å². The summed E-state index contributed by atoms with van der Waals surface area (Å²) in [5.41, 5.74) is -0.291. The van der Waals surface area contributed by atoms with Gasteiger partial charge in [0, 0.05) is 29.6 Å². The number of hydrogen-bond acceptors (Lipinski definition) is 5. The van der Waals surface area contributed by atoms with Crippen LogP contribution in [0.25, 0.3) is 10.9 Å². The molecule has 4 atom stereocenters. The van der Waals surface area contributed by atoms with E-state index in [0.717, 1.165) is 23.0 Å². The van der Waals surface area contributed by atoms with Crippen molar-refractivity contribution in [3.05, 3.63) is 65.9 Å². The molecule has 1 aromatic heterocycles.